The van der Waals surface area contributed by atoms with Gasteiger partial charge < -0.3 is 21.3 Å². The topological polar surface area (TPSA) is 145 Å². The molecule has 0 saturated heterocycles. The van der Waals surface area contributed by atoms with Gasteiger partial charge in [-0.3, -0.25) is 24.2 Å². The fourth-order valence-corrected chi connectivity index (χ4v) is 3.39. The van der Waals surface area contributed by atoms with E-state index in [0.29, 0.717) is 17.1 Å². The van der Waals surface area contributed by atoms with Gasteiger partial charge in [0.2, 0.25) is 23.7 Å². The van der Waals surface area contributed by atoms with Crippen LogP contribution in [0.2, 0.25) is 0 Å². The number of rotatable bonds is 5. The summed E-state index contributed by atoms with van der Waals surface area (Å²) in [6.07, 6.45) is -0.224. The summed E-state index contributed by atoms with van der Waals surface area (Å²) in [7, 11) is 0. The van der Waals surface area contributed by atoms with E-state index in [0.717, 1.165) is 0 Å². The maximum absolute atomic E-state index is 13.1. The minimum atomic E-state index is -1.06. The molecule has 0 aliphatic carbocycles. The third-order valence-corrected chi connectivity index (χ3v) is 4.85. The third-order valence-electron chi connectivity index (χ3n) is 4.85. The summed E-state index contributed by atoms with van der Waals surface area (Å²) in [5.74, 6) is -2.71. The van der Waals surface area contributed by atoms with Crippen LogP contribution < -0.4 is 26.8 Å². The molecule has 0 saturated carbocycles. The SMILES string of the molecule is CC(=O)Nc1ccc(NC(=O)C2CC(=O)Nc3nc(Nc4ccc(F)cc4)[nH]c(=O)c32)cc1. The normalized spacial score (nSPS) is 14.6. The maximum atomic E-state index is 13.1. The molecule has 0 radical (unpaired) electrons. The second-order valence-corrected chi connectivity index (χ2v) is 7.36. The quantitative estimate of drug-likeness (QED) is 0.404. The number of amides is 3. The summed E-state index contributed by atoms with van der Waals surface area (Å²) in [6.45, 7) is 1.38. The van der Waals surface area contributed by atoms with Crippen molar-refractivity contribution < 1.29 is 18.8 Å². The Morgan fingerprint density at radius 3 is 2.21 bits per heavy atom. The molecule has 1 aliphatic rings. The summed E-state index contributed by atoms with van der Waals surface area (Å²) in [5, 5.41) is 10.6. The van der Waals surface area contributed by atoms with Crippen molar-refractivity contribution in [2.45, 2.75) is 19.3 Å². The fourth-order valence-electron chi connectivity index (χ4n) is 3.39. The third kappa shape index (κ3) is 5.03. The van der Waals surface area contributed by atoms with Gasteiger partial charge in [-0.1, -0.05) is 0 Å². The van der Waals surface area contributed by atoms with Gasteiger partial charge in [-0.2, -0.15) is 4.98 Å². The van der Waals surface area contributed by atoms with Crippen molar-refractivity contribution >= 4 is 46.5 Å². The highest BCUT2D eigenvalue weighted by molar-refractivity contribution is 6.04. The Morgan fingerprint density at radius 1 is 0.970 bits per heavy atom. The van der Waals surface area contributed by atoms with E-state index in [1.165, 1.54) is 31.2 Å². The summed E-state index contributed by atoms with van der Waals surface area (Å²) in [6, 6.07) is 11.8. The highest BCUT2D eigenvalue weighted by atomic mass is 19.1. The average molecular weight is 450 g/mol. The van der Waals surface area contributed by atoms with Crippen LogP contribution in [-0.2, 0) is 14.4 Å². The summed E-state index contributed by atoms with van der Waals surface area (Å²) in [4.78, 5) is 55.8. The number of aromatic amines is 1. The molecule has 33 heavy (non-hydrogen) atoms. The summed E-state index contributed by atoms with van der Waals surface area (Å²) >= 11 is 0. The molecule has 1 aromatic heterocycles. The van der Waals surface area contributed by atoms with E-state index < -0.39 is 29.1 Å². The zero-order valence-corrected chi connectivity index (χ0v) is 17.4. The van der Waals surface area contributed by atoms with E-state index in [1.54, 1.807) is 24.3 Å². The van der Waals surface area contributed by atoms with E-state index in [1.807, 2.05) is 0 Å². The number of aromatic nitrogens is 2. The van der Waals surface area contributed by atoms with Gasteiger partial charge in [-0.05, 0) is 48.5 Å². The Bertz CT molecular complexity index is 1290. The van der Waals surface area contributed by atoms with E-state index in [-0.39, 0.29) is 29.7 Å². The number of halogens is 1. The Morgan fingerprint density at radius 2 is 1.58 bits per heavy atom. The number of benzene rings is 2. The monoisotopic (exact) mass is 450 g/mol. The number of carbonyl (C=O) groups is 3. The minimum absolute atomic E-state index is 0.0271. The van der Waals surface area contributed by atoms with Crippen molar-refractivity contribution in [3.8, 4) is 0 Å². The molecule has 168 valence electrons. The average Bonchev–Trinajstić information content (AvgIpc) is 2.75. The Balaban J connectivity index is 1.56. The molecular weight excluding hydrogens is 431 g/mol. The first-order chi connectivity index (χ1) is 15.8. The second kappa shape index (κ2) is 8.91. The number of nitrogens with one attached hydrogen (secondary N) is 5. The van der Waals surface area contributed by atoms with Gasteiger partial charge in [0, 0.05) is 30.4 Å². The molecule has 4 rings (SSSR count). The highest BCUT2D eigenvalue weighted by Gasteiger charge is 2.34. The van der Waals surface area contributed by atoms with Crippen molar-refractivity contribution in [1.82, 2.24) is 9.97 Å². The van der Waals surface area contributed by atoms with Crippen LogP contribution in [0, 0.1) is 5.82 Å². The maximum Gasteiger partial charge on any atom is 0.258 e. The lowest BCUT2D eigenvalue weighted by Crippen LogP contribution is -2.36. The standard InChI is InChI=1S/C22H19FN6O4/c1-11(30)24-13-6-8-14(9-7-13)25-20(32)16-10-17(31)27-19-18(16)21(33)29-22(28-19)26-15-4-2-12(23)3-5-15/h2-9,16H,10H2,1H3,(H,24,30)(H,25,32)(H3,26,27,28,29,31,33). The first kappa shape index (κ1) is 21.7. The van der Waals surface area contributed by atoms with E-state index >= 15 is 0 Å². The lowest BCUT2D eigenvalue weighted by atomic mass is 9.92. The molecule has 0 fully saturated rings. The molecule has 10 nitrogen and oxygen atoms in total. The molecule has 1 atom stereocenters. The second-order valence-electron chi connectivity index (χ2n) is 7.36. The van der Waals surface area contributed by atoms with Gasteiger partial charge in [0.1, 0.15) is 11.6 Å². The summed E-state index contributed by atoms with van der Waals surface area (Å²) < 4.78 is 13.1. The van der Waals surface area contributed by atoms with Crippen molar-refractivity contribution in [2.75, 3.05) is 21.3 Å². The van der Waals surface area contributed by atoms with Crippen LogP contribution >= 0.6 is 0 Å². The van der Waals surface area contributed by atoms with E-state index in [9.17, 15) is 23.6 Å². The van der Waals surface area contributed by atoms with Gasteiger partial charge in [0.15, 0.2) is 0 Å². The molecule has 1 unspecified atom stereocenters. The number of hydrogen-bond donors (Lipinski definition) is 5. The molecule has 3 amide bonds. The van der Waals surface area contributed by atoms with Crippen LogP contribution in [0.4, 0.5) is 33.2 Å². The zero-order valence-electron chi connectivity index (χ0n) is 17.4. The first-order valence-corrected chi connectivity index (χ1v) is 9.93. The zero-order chi connectivity index (χ0) is 23.5. The van der Waals surface area contributed by atoms with Gasteiger partial charge in [-0.15, -0.1) is 0 Å². The molecular formula is C22H19FN6O4. The van der Waals surface area contributed by atoms with Crippen LogP contribution in [0.3, 0.4) is 0 Å². The number of hydrogen-bond acceptors (Lipinski definition) is 6. The highest BCUT2D eigenvalue weighted by Crippen LogP contribution is 2.30. The molecule has 0 spiro atoms. The predicted molar refractivity (Wildman–Crippen MR) is 120 cm³/mol. The molecule has 3 aromatic rings. The minimum Gasteiger partial charge on any atom is -0.326 e. The fraction of sp³-hybridized carbons (Fsp3) is 0.136. The predicted octanol–water partition coefficient (Wildman–Crippen LogP) is 2.68. The van der Waals surface area contributed by atoms with Gasteiger partial charge >= 0.3 is 0 Å². The number of anilines is 5. The molecule has 2 heterocycles. The largest absolute Gasteiger partial charge is 0.326 e. The first-order valence-electron chi connectivity index (χ1n) is 9.93. The van der Waals surface area contributed by atoms with E-state index in [4.69, 9.17) is 0 Å². The van der Waals surface area contributed by atoms with E-state index in [2.05, 4.69) is 31.2 Å². The van der Waals surface area contributed by atoms with Gasteiger partial charge in [-0.25, -0.2) is 4.39 Å². The van der Waals surface area contributed by atoms with Crippen molar-refractivity contribution in [3.05, 3.63) is 70.3 Å². The summed E-state index contributed by atoms with van der Waals surface area (Å²) in [5.41, 5.74) is 0.904. The Hall–Kier alpha value is -4.54. The van der Waals surface area contributed by atoms with Crippen LogP contribution in [0.25, 0.3) is 0 Å². The van der Waals surface area contributed by atoms with Crippen molar-refractivity contribution in [3.63, 3.8) is 0 Å². The smallest absolute Gasteiger partial charge is 0.258 e. The van der Waals surface area contributed by atoms with Gasteiger partial charge in [0.25, 0.3) is 5.56 Å². The lowest BCUT2D eigenvalue weighted by Gasteiger charge is -2.23. The number of H-pyrrole nitrogens is 1. The molecule has 2 aromatic carbocycles. The Kier molecular flexibility index (Phi) is 5.85. The molecule has 5 N–H and O–H groups in total. The molecule has 0 bridgehead atoms. The van der Waals surface area contributed by atoms with Crippen LogP contribution in [0.5, 0.6) is 0 Å². The van der Waals surface area contributed by atoms with Crippen molar-refractivity contribution in [2.24, 2.45) is 0 Å². The van der Waals surface area contributed by atoms with Crippen LogP contribution in [0.15, 0.2) is 53.3 Å². The number of nitrogens with zero attached hydrogens (tertiary/aromatic N) is 1. The number of carbonyl (C=O) groups excluding carboxylic acids is 3. The molecule has 11 heteroatoms. The lowest BCUT2D eigenvalue weighted by molar-refractivity contribution is -0.123. The van der Waals surface area contributed by atoms with Gasteiger partial charge in [0.05, 0.1) is 11.5 Å². The van der Waals surface area contributed by atoms with Crippen LogP contribution in [-0.4, -0.2) is 27.7 Å². The van der Waals surface area contributed by atoms with Crippen molar-refractivity contribution in [1.29, 1.82) is 0 Å². The van der Waals surface area contributed by atoms with Crippen LogP contribution in [0.1, 0.15) is 24.8 Å². The number of fused-ring (bicyclic) bond motifs is 1. The Labute approximate surface area is 186 Å². The molecule has 1 aliphatic heterocycles.